The molecular weight excluding hydrogens is 356 g/mol. The van der Waals surface area contributed by atoms with Crippen molar-refractivity contribution in [2.45, 2.75) is 20.0 Å². The third kappa shape index (κ3) is 4.97. The van der Waals surface area contributed by atoms with Crippen molar-refractivity contribution < 1.29 is 14.3 Å². The van der Waals surface area contributed by atoms with Crippen molar-refractivity contribution in [1.29, 1.82) is 0 Å². The predicted octanol–water partition coefficient (Wildman–Crippen LogP) is 4.27. The maximum atomic E-state index is 12.3. The zero-order valence-corrected chi connectivity index (χ0v) is 16.0. The molecule has 0 aliphatic rings. The lowest BCUT2D eigenvalue weighted by Gasteiger charge is -2.15. The van der Waals surface area contributed by atoms with Gasteiger partial charge < -0.3 is 20.1 Å². The maximum Gasteiger partial charge on any atom is 0.256 e. The number of hydrogen-bond donors (Lipinski definition) is 2. The van der Waals surface area contributed by atoms with Crippen molar-refractivity contribution >= 4 is 23.2 Å². The van der Waals surface area contributed by atoms with Gasteiger partial charge in [-0.2, -0.15) is 0 Å². The molecule has 0 spiro atoms. The van der Waals surface area contributed by atoms with Gasteiger partial charge in [-0.3, -0.25) is 4.79 Å². The van der Waals surface area contributed by atoms with Crippen molar-refractivity contribution in [2.24, 2.45) is 0 Å². The first-order valence-electron chi connectivity index (χ1n) is 8.87. The van der Waals surface area contributed by atoms with Crippen molar-refractivity contribution in [3.63, 3.8) is 0 Å². The third-order valence-corrected chi connectivity index (χ3v) is 3.77. The minimum Gasteiger partial charge on any atom is -0.497 e. The second-order valence-electron chi connectivity index (χ2n) is 6.27. The molecule has 0 bridgehead atoms. The number of para-hydroxylation sites is 2. The molecule has 2 N–H and O–H groups in total. The fourth-order valence-corrected chi connectivity index (χ4v) is 2.46. The van der Waals surface area contributed by atoms with E-state index in [0.717, 1.165) is 11.4 Å². The van der Waals surface area contributed by atoms with Crippen molar-refractivity contribution in [3.05, 3.63) is 66.2 Å². The monoisotopic (exact) mass is 378 g/mol. The lowest BCUT2D eigenvalue weighted by Crippen LogP contribution is -2.13. The summed E-state index contributed by atoms with van der Waals surface area (Å²) in [6.45, 7) is 3.94. The minimum atomic E-state index is -0.270. The highest BCUT2D eigenvalue weighted by Crippen LogP contribution is 2.27. The zero-order valence-electron chi connectivity index (χ0n) is 16.0. The van der Waals surface area contributed by atoms with Gasteiger partial charge in [-0.25, -0.2) is 0 Å². The van der Waals surface area contributed by atoms with E-state index in [1.165, 1.54) is 0 Å². The van der Waals surface area contributed by atoms with E-state index in [4.69, 9.17) is 9.47 Å². The van der Waals surface area contributed by atoms with Crippen LogP contribution in [0.15, 0.2) is 60.7 Å². The molecule has 0 unspecified atom stereocenters. The smallest absolute Gasteiger partial charge is 0.256 e. The molecular formula is C21H22N4O3. The fraction of sp³-hybridized carbons (Fsp3) is 0.190. The van der Waals surface area contributed by atoms with E-state index in [1.54, 1.807) is 43.5 Å². The number of rotatable bonds is 7. The molecule has 2 aromatic carbocycles. The van der Waals surface area contributed by atoms with Crippen molar-refractivity contribution in [3.8, 4) is 11.5 Å². The Kier molecular flexibility index (Phi) is 6.06. The number of ether oxygens (including phenoxy) is 2. The van der Waals surface area contributed by atoms with Crippen LogP contribution in [0.3, 0.4) is 0 Å². The molecule has 7 heteroatoms. The summed E-state index contributed by atoms with van der Waals surface area (Å²) in [6.07, 6.45) is 0.0598. The van der Waals surface area contributed by atoms with E-state index < -0.39 is 0 Å². The SMILES string of the molecule is COc1ccc(C(=O)Nc2ccc(Nc3ccccc3OC(C)C)nn2)cc1. The van der Waals surface area contributed by atoms with Crippen LogP contribution in [0.5, 0.6) is 11.5 Å². The summed E-state index contributed by atoms with van der Waals surface area (Å²) < 4.78 is 10.9. The first kappa shape index (κ1) is 19.2. The van der Waals surface area contributed by atoms with Crippen LogP contribution in [-0.4, -0.2) is 29.3 Å². The first-order valence-corrected chi connectivity index (χ1v) is 8.87. The molecule has 0 atom stereocenters. The Morgan fingerprint density at radius 2 is 1.61 bits per heavy atom. The van der Waals surface area contributed by atoms with Crippen molar-refractivity contribution in [2.75, 3.05) is 17.7 Å². The summed E-state index contributed by atoms with van der Waals surface area (Å²) in [4.78, 5) is 12.3. The first-order chi connectivity index (χ1) is 13.5. The average Bonchev–Trinajstić information content (AvgIpc) is 2.70. The molecule has 1 heterocycles. The van der Waals surface area contributed by atoms with E-state index in [1.807, 2.05) is 38.1 Å². The maximum absolute atomic E-state index is 12.3. The topological polar surface area (TPSA) is 85.4 Å². The lowest BCUT2D eigenvalue weighted by atomic mass is 10.2. The summed E-state index contributed by atoms with van der Waals surface area (Å²) in [7, 11) is 1.58. The Bertz CT molecular complexity index is 925. The zero-order chi connectivity index (χ0) is 19.9. The number of nitrogens with zero attached hydrogens (tertiary/aromatic N) is 2. The van der Waals surface area contributed by atoms with Gasteiger partial charge in [-0.15, -0.1) is 10.2 Å². The molecule has 0 saturated carbocycles. The van der Waals surface area contributed by atoms with Crippen LogP contribution in [0.25, 0.3) is 0 Å². The van der Waals surface area contributed by atoms with Crippen LogP contribution in [0, 0.1) is 0 Å². The van der Waals surface area contributed by atoms with Gasteiger partial charge in [0.05, 0.1) is 18.9 Å². The number of aromatic nitrogens is 2. The van der Waals surface area contributed by atoms with E-state index in [2.05, 4.69) is 20.8 Å². The molecule has 1 amide bonds. The van der Waals surface area contributed by atoms with Gasteiger partial charge in [0.1, 0.15) is 11.5 Å². The molecule has 3 aromatic rings. The van der Waals surface area contributed by atoms with Crippen molar-refractivity contribution in [1.82, 2.24) is 10.2 Å². The van der Waals surface area contributed by atoms with Gasteiger partial charge in [0.15, 0.2) is 11.6 Å². The van der Waals surface area contributed by atoms with Gasteiger partial charge in [-0.1, -0.05) is 12.1 Å². The fourth-order valence-electron chi connectivity index (χ4n) is 2.46. The van der Waals surface area contributed by atoms with E-state index >= 15 is 0 Å². The molecule has 7 nitrogen and oxygen atoms in total. The standard InChI is InChI=1S/C21H22N4O3/c1-14(2)28-18-7-5-4-6-17(18)22-19-12-13-20(25-24-19)23-21(26)15-8-10-16(27-3)11-9-15/h4-14H,1-3H3,(H,22,24)(H,23,25,26). The quantitative estimate of drug-likeness (QED) is 0.639. The van der Waals surface area contributed by atoms with Gasteiger partial charge in [0, 0.05) is 5.56 Å². The average molecular weight is 378 g/mol. The summed E-state index contributed by atoms with van der Waals surface area (Å²) in [5.41, 5.74) is 1.30. The minimum absolute atomic E-state index is 0.0598. The predicted molar refractivity (Wildman–Crippen MR) is 108 cm³/mol. The molecule has 0 saturated heterocycles. The number of carbonyl (C=O) groups excluding carboxylic acids is 1. The second-order valence-corrected chi connectivity index (χ2v) is 6.27. The van der Waals surface area contributed by atoms with E-state index in [0.29, 0.717) is 22.9 Å². The molecule has 1 aromatic heterocycles. The van der Waals surface area contributed by atoms with Crippen LogP contribution in [0.4, 0.5) is 17.3 Å². The number of amides is 1. The summed E-state index contributed by atoms with van der Waals surface area (Å²) in [5, 5.41) is 14.1. The van der Waals surface area contributed by atoms with E-state index in [9.17, 15) is 4.79 Å². The molecule has 0 aliphatic heterocycles. The highest BCUT2D eigenvalue weighted by molar-refractivity contribution is 6.03. The lowest BCUT2D eigenvalue weighted by molar-refractivity contribution is 0.102. The Morgan fingerprint density at radius 1 is 0.929 bits per heavy atom. The highest BCUT2D eigenvalue weighted by atomic mass is 16.5. The second kappa shape index (κ2) is 8.85. The molecule has 0 fully saturated rings. The Balaban J connectivity index is 1.66. The normalized spacial score (nSPS) is 10.4. The molecule has 0 radical (unpaired) electrons. The molecule has 28 heavy (non-hydrogen) atoms. The Morgan fingerprint density at radius 3 is 2.25 bits per heavy atom. The number of anilines is 3. The largest absolute Gasteiger partial charge is 0.497 e. The van der Waals surface area contributed by atoms with Gasteiger partial charge in [0.25, 0.3) is 5.91 Å². The molecule has 144 valence electrons. The van der Waals surface area contributed by atoms with Crippen LogP contribution in [0.1, 0.15) is 24.2 Å². The number of hydrogen-bond acceptors (Lipinski definition) is 6. The summed E-state index contributed by atoms with van der Waals surface area (Å²) in [5.74, 6) is 2.05. The third-order valence-electron chi connectivity index (χ3n) is 3.77. The van der Waals surface area contributed by atoms with Gasteiger partial charge in [-0.05, 0) is 62.4 Å². The van der Waals surface area contributed by atoms with Crippen LogP contribution in [-0.2, 0) is 0 Å². The van der Waals surface area contributed by atoms with Crippen LogP contribution in [0.2, 0.25) is 0 Å². The van der Waals surface area contributed by atoms with E-state index in [-0.39, 0.29) is 12.0 Å². The Labute approximate surface area is 163 Å². The van der Waals surface area contributed by atoms with Gasteiger partial charge in [0.2, 0.25) is 0 Å². The number of nitrogens with one attached hydrogen (secondary N) is 2. The van der Waals surface area contributed by atoms with Crippen LogP contribution < -0.4 is 20.1 Å². The molecule has 0 aliphatic carbocycles. The summed E-state index contributed by atoms with van der Waals surface area (Å²) in [6, 6.07) is 17.9. The van der Waals surface area contributed by atoms with Crippen LogP contribution >= 0.6 is 0 Å². The van der Waals surface area contributed by atoms with Gasteiger partial charge >= 0.3 is 0 Å². The summed E-state index contributed by atoms with van der Waals surface area (Å²) >= 11 is 0. The highest BCUT2D eigenvalue weighted by Gasteiger charge is 2.09. The Hall–Kier alpha value is -3.61. The number of methoxy groups -OCH3 is 1. The molecule has 3 rings (SSSR count). The number of carbonyl (C=O) groups is 1. The number of benzene rings is 2.